The van der Waals surface area contributed by atoms with E-state index < -0.39 is 4.92 Å². The summed E-state index contributed by atoms with van der Waals surface area (Å²) in [6.07, 6.45) is 5.01. The molecule has 5 nitrogen and oxygen atoms in total. The smallest absolute Gasteiger partial charge is 0.292 e. The number of nitro groups is 1. The molecule has 0 spiro atoms. The molecule has 2 atom stereocenters. The van der Waals surface area contributed by atoms with Crippen LogP contribution in [0.15, 0.2) is 18.2 Å². The number of nitrogen functional groups attached to an aromatic ring is 1. The Bertz CT molecular complexity index is 462. The number of nitrogens with two attached hydrogens (primary N) is 1. The number of hydrogen-bond acceptors (Lipinski definition) is 4. The lowest BCUT2D eigenvalue weighted by atomic mass is 9.89. The van der Waals surface area contributed by atoms with Crippen LogP contribution in [0, 0.1) is 16.0 Å². The van der Waals surface area contributed by atoms with Crippen LogP contribution in [0.25, 0.3) is 0 Å². The summed E-state index contributed by atoms with van der Waals surface area (Å²) in [7, 11) is 0. The van der Waals surface area contributed by atoms with E-state index in [0.717, 1.165) is 24.3 Å². The summed E-state index contributed by atoms with van der Waals surface area (Å²) in [5.74, 6) is 0.723. The van der Waals surface area contributed by atoms with Crippen molar-refractivity contribution in [1.29, 1.82) is 0 Å². The lowest BCUT2D eigenvalue weighted by Crippen LogP contribution is -2.21. The van der Waals surface area contributed by atoms with Crippen LogP contribution in [0.1, 0.15) is 38.2 Å². The third-order valence-corrected chi connectivity index (χ3v) is 3.66. The molecule has 0 saturated heterocycles. The minimum atomic E-state index is -0.469. The van der Waals surface area contributed by atoms with E-state index in [4.69, 9.17) is 10.5 Å². The number of nitrogens with zero attached hydrogens (tertiary/aromatic N) is 1. The number of rotatable bonds is 4. The maximum atomic E-state index is 10.7. The van der Waals surface area contributed by atoms with Gasteiger partial charge in [-0.1, -0.05) is 19.8 Å². The molecular formula is C14H20N2O3. The van der Waals surface area contributed by atoms with Gasteiger partial charge >= 0.3 is 0 Å². The third kappa shape index (κ3) is 3.67. The molecule has 104 valence electrons. The second kappa shape index (κ2) is 6.02. The molecule has 0 radical (unpaired) electrons. The van der Waals surface area contributed by atoms with Crippen LogP contribution in [-0.4, -0.2) is 11.0 Å². The summed E-state index contributed by atoms with van der Waals surface area (Å²) >= 11 is 0. The van der Waals surface area contributed by atoms with Gasteiger partial charge in [0.25, 0.3) is 5.69 Å². The normalized spacial score (nSPS) is 23.2. The van der Waals surface area contributed by atoms with Crippen molar-refractivity contribution in [3.63, 3.8) is 0 Å². The Morgan fingerprint density at radius 2 is 2.26 bits per heavy atom. The minimum absolute atomic E-state index is 0.0463. The van der Waals surface area contributed by atoms with Gasteiger partial charge in [0.15, 0.2) is 0 Å². The molecule has 2 rings (SSSR count). The van der Waals surface area contributed by atoms with E-state index in [-0.39, 0.29) is 11.4 Å². The van der Waals surface area contributed by atoms with Crippen molar-refractivity contribution in [3.8, 4) is 0 Å². The summed E-state index contributed by atoms with van der Waals surface area (Å²) in [6, 6.07) is 4.78. The van der Waals surface area contributed by atoms with Crippen LogP contribution in [0.5, 0.6) is 0 Å². The standard InChI is InChI=1S/C14H20N2O3/c1-10-3-2-4-12(7-10)19-9-11-5-6-14(16(17)18)13(15)8-11/h5-6,8,10,12H,2-4,7,9,15H2,1H3. The molecule has 1 aromatic carbocycles. The second-order valence-electron chi connectivity index (χ2n) is 5.36. The van der Waals surface area contributed by atoms with Gasteiger partial charge in [-0.2, -0.15) is 0 Å². The molecule has 0 aliphatic heterocycles. The molecular weight excluding hydrogens is 244 g/mol. The maximum Gasteiger partial charge on any atom is 0.292 e. The van der Waals surface area contributed by atoms with E-state index in [0.29, 0.717) is 12.7 Å². The number of ether oxygens (including phenoxy) is 1. The highest BCUT2D eigenvalue weighted by Crippen LogP contribution is 2.27. The lowest BCUT2D eigenvalue weighted by Gasteiger charge is -2.26. The van der Waals surface area contributed by atoms with Crippen LogP contribution in [0.4, 0.5) is 11.4 Å². The second-order valence-corrected chi connectivity index (χ2v) is 5.36. The van der Waals surface area contributed by atoms with Crippen molar-refractivity contribution in [2.45, 2.75) is 45.3 Å². The molecule has 0 amide bonds. The van der Waals surface area contributed by atoms with E-state index in [1.165, 1.54) is 18.9 Å². The average Bonchev–Trinajstić information content (AvgIpc) is 2.36. The van der Waals surface area contributed by atoms with Gasteiger partial charge in [0, 0.05) is 6.07 Å². The van der Waals surface area contributed by atoms with Crippen LogP contribution in [-0.2, 0) is 11.3 Å². The molecule has 1 saturated carbocycles. The van der Waals surface area contributed by atoms with E-state index in [9.17, 15) is 10.1 Å². The quantitative estimate of drug-likeness (QED) is 0.514. The van der Waals surface area contributed by atoms with E-state index in [1.807, 2.05) is 0 Å². The first-order valence-electron chi connectivity index (χ1n) is 6.70. The molecule has 0 heterocycles. The fraction of sp³-hybridized carbons (Fsp3) is 0.571. The first kappa shape index (κ1) is 13.8. The zero-order chi connectivity index (χ0) is 13.8. The Morgan fingerprint density at radius 1 is 1.47 bits per heavy atom. The van der Waals surface area contributed by atoms with Gasteiger partial charge in [-0.3, -0.25) is 10.1 Å². The molecule has 2 unspecified atom stereocenters. The number of anilines is 1. The van der Waals surface area contributed by atoms with Gasteiger partial charge in [-0.15, -0.1) is 0 Å². The number of hydrogen-bond donors (Lipinski definition) is 1. The molecule has 0 bridgehead atoms. The Morgan fingerprint density at radius 3 is 2.89 bits per heavy atom. The first-order chi connectivity index (χ1) is 9.06. The molecule has 19 heavy (non-hydrogen) atoms. The predicted molar refractivity (Wildman–Crippen MR) is 73.7 cm³/mol. The van der Waals surface area contributed by atoms with E-state index in [2.05, 4.69) is 6.92 Å². The predicted octanol–water partition coefficient (Wildman–Crippen LogP) is 3.27. The van der Waals surface area contributed by atoms with E-state index >= 15 is 0 Å². The largest absolute Gasteiger partial charge is 0.393 e. The molecule has 1 aromatic rings. The zero-order valence-corrected chi connectivity index (χ0v) is 11.2. The molecule has 2 N–H and O–H groups in total. The summed E-state index contributed by atoms with van der Waals surface area (Å²) in [5, 5.41) is 10.7. The maximum absolute atomic E-state index is 10.7. The summed E-state index contributed by atoms with van der Waals surface area (Å²) in [6.45, 7) is 2.72. The van der Waals surface area contributed by atoms with E-state index in [1.54, 1.807) is 12.1 Å². The molecule has 1 fully saturated rings. The average molecular weight is 264 g/mol. The van der Waals surface area contributed by atoms with Crippen LogP contribution in [0.3, 0.4) is 0 Å². The van der Waals surface area contributed by atoms with Crippen molar-refractivity contribution < 1.29 is 9.66 Å². The SMILES string of the molecule is CC1CCCC(OCc2ccc([N+](=O)[O-])c(N)c2)C1. The van der Waals surface area contributed by atoms with Gasteiger partial charge in [-0.05, 0) is 36.5 Å². The van der Waals surface area contributed by atoms with Crippen molar-refractivity contribution in [1.82, 2.24) is 0 Å². The summed E-state index contributed by atoms with van der Waals surface area (Å²) in [5.41, 5.74) is 6.70. The van der Waals surface area contributed by atoms with Crippen LogP contribution < -0.4 is 5.73 Å². The van der Waals surface area contributed by atoms with Crippen molar-refractivity contribution in [3.05, 3.63) is 33.9 Å². The first-order valence-corrected chi connectivity index (χ1v) is 6.70. The van der Waals surface area contributed by atoms with Crippen molar-refractivity contribution in [2.24, 2.45) is 5.92 Å². The number of nitro benzene ring substituents is 1. The molecule has 1 aliphatic rings. The lowest BCUT2D eigenvalue weighted by molar-refractivity contribution is -0.383. The molecule has 0 aromatic heterocycles. The topological polar surface area (TPSA) is 78.4 Å². The minimum Gasteiger partial charge on any atom is -0.393 e. The highest BCUT2D eigenvalue weighted by atomic mass is 16.6. The fourth-order valence-corrected chi connectivity index (χ4v) is 2.60. The van der Waals surface area contributed by atoms with Gasteiger partial charge in [0.1, 0.15) is 5.69 Å². The number of benzene rings is 1. The molecule has 5 heteroatoms. The monoisotopic (exact) mass is 264 g/mol. The highest BCUT2D eigenvalue weighted by molar-refractivity contribution is 5.59. The van der Waals surface area contributed by atoms with Gasteiger partial charge in [0.05, 0.1) is 17.6 Å². The summed E-state index contributed by atoms with van der Waals surface area (Å²) < 4.78 is 5.87. The van der Waals surface area contributed by atoms with Gasteiger partial charge in [0.2, 0.25) is 0 Å². The Hall–Kier alpha value is -1.62. The molecule has 1 aliphatic carbocycles. The van der Waals surface area contributed by atoms with Crippen molar-refractivity contribution in [2.75, 3.05) is 5.73 Å². The zero-order valence-electron chi connectivity index (χ0n) is 11.2. The summed E-state index contributed by atoms with van der Waals surface area (Å²) in [4.78, 5) is 10.2. The van der Waals surface area contributed by atoms with Crippen LogP contribution >= 0.6 is 0 Å². The Balaban J connectivity index is 1.92. The third-order valence-electron chi connectivity index (χ3n) is 3.66. The Kier molecular flexibility index (Phi) is 4.37. The van der Waals surface area contributed by atoms with Gasteiger partial charge < -0.3 is 10.5 Å². The van der Waals surface area contributed by atoms with Gasteiger partial charge in [-0.25, -0.2) is 0 Å². The van der Waals surface area contributed by atoms with Crippen molar-refractivity contribution >= 4 is 11.4 Å². The Labute approximate surface area is 112 Å². The van der Waals surface area contributed by atoms with Crippen LogP contribution in [0.2, 0.25) is 0 Å². The highest BCUT2D eigenvalue weighted by Gasteiger charge is 2.19. The fourth-order valence-electron chi connectivity index (χ4n) is 2.60.